The van der Waals surface area contributed by atoms with Crippen LogP contribution >= 0.6 is 23.7 Å². The van der Waals surface area contributed by atoms with Crippen molar-refractivity contribution in [2.45, 2.75) is 13.3 Å². The second kappa shape index (κ2) is 12.7. The molecule has 1 aliphatic rings. The van der Waals surface area contributed by atoms with E-state index in [4.69, 9.17) is 28.3 Å². The number of anilines is 1. The number of halogens is 1. The van der Waals surface area contributed by atoms with Gasteiger partial charge in [0.25, 0.3) is 5.91 Å². The molecule has 0 aliphatic carbocycles. The van der Waals surface area contributed by atoms with E-state index in [9.17, 15) is 4.79 Å². The largest absolute Gasteiger partial charge is 0.495 e. The van der Waals surface area contributed by atoms with E-state index in [0.717, 1.165) is 49.4 Å². The first kappa shape index (κ1) is 28.0. The number of thiazole rings is 1. The highest BCUT2D eigenvalue weighted by Crippen LogP contribution is 2.41. The molecule has 4 aromatic rings. The second-order valence-corrected chi connectivity index (χ2v) is 9.60. The van der Waals surface area contributed by atoms with E-state index in [1.165, 1.54) is 11.3 Å². The Kier molecular flexibility index (Phi) is 9.32. The SMILES string of the molecule is CCOc1cccc2cc(C(=O)N(CCCN3CCOCC3)c3nc4c(OC)ccc(OC)c4s3)oc12.Cl. The van der Waals surface area contributed by atoms with Crippen LogP contribution in [0.1, 0.15) is 23.9 Å². The molecule has 38 heavy (non-hydrogen) atoms. The molecule has 0 spiro atoms. The highest BCUT2D eigenvalue weighted by molar-refractivity contribution is 7.22. The lowest BCUT2D eigenvalue weighted by molar-refractivity contribution is 0.0376. The number of fused-ring (bicyclic) bond motifs is 2. The molecule has 1 fully saturated rings. The molecule has 0 bridgehead atoms. The van der Waals surface area contributed by atoms with Gasteiger partial charge in [-0.25, -0.2) is 4.98 Å². The summed E-state index contributed by atoms with van der Waals surface area (Å²) in [6, 6.07) is 11.1. The van der Waals surface area contributed by atoms with Gasteiger partial charge in [-0.2, -0.15) is 0 Å². The van der Waals surface area contributed by atoms with Gasteiger partial charge < -0.3 is 23.4 Å². The Morgan fingerprint density at radius 3 is 2.61 bits per heavy atom. The van der Waals surface area contributed by atoms with Crippen molar-refractivity contribution in [3.05, 3.63) is 42.2 Å². The molecule has 0 N–H and O–H groups in total. The minimum atomic E-state index is -0.252. The van der Waals surface area contributed by atoms with Crippen LogP contribution in [0.15, 0.2) is 40.8 Å². The summed E-state index contributed by atoms with van der Waals surface area (Å²) in [5.41, 5.74) is 1.23. The lowest BCUT2D eigenvalue weighted by Gasteiger charge is -2.27. The summed E-state index contributed by atoms with van der Waals surface area (Å²) in [4.78, 5) is 22.8. The van der Waals surface area contributed by atoms with Crippen molar-refractivity contribution >= 4 is 56.0 Å². The second-order valence-electron chi connectivity index (χ2n) is 8.63. The van der Waals surface area contributed by atoms with Gasteiger partial charge in [0.15, 0.2) is 22.2 Å². The third kappa shape index (κ3) is 5.68. The molecule has 2 aromatic heterocycles. The van der Waals surface area contributed by atoms with E-state index in [0.29, 0.717) is 46.6 Å². The first-order chi connectivity index (χ1) is 18.1. The number of carbonyl (C=O) groups excluding carboxylic acids is 1. The molecule has 0 atom stereocenters. The molecule has 5 rings (SSSR count). The number of para-hydroxylation sites is 1. The van der Waals surface area contributed by atoms with Gasteiger partial charge in [-0.15, -0.1) is 12.4 Å². The Morgan fingerprint density at radius 2 is 1.87 bits per heavy atom. The Balaban J connectivity index is 0.00000336. The van der Waals surface area contributed by atoms with Crippen molar-refractivity contribution in [2.24, 2.45) is 0 Å². The van der Waals surface area contributed by atoms with Crippen LogP contribution in [0.4, 0.5) is 5.13 Å². The topological polar surface area (TPSA) is 86.5 Å². The molecular weight excluding hydrogens is 530 g/mol. The van der Waals surface area contributed by atoms with Crippen molar-refractivity contribution in [2.75, 3.05) is 65.1 Å². The van der Waals surface area contributed by atoms with Gasteiger partial charge in [0, 0.05) is 31.6 Å². The molecule has 0 saturated carbocycles. The maximum Gasteiger partial charge on any atom is 0.295 e. The summed E-state index contributed by atoms with van der Waals surface area (Å²) in [6.45, 7) is 7.03. The zero-order valence-electron chi connectivity index (χ0n) is 21.7. The van der Waals surface area contributed by atoms with E-state index in [1.807, 2.05) is 37.3 Å². The number of furan rings is 1. The van der Waals surface area contributed by atoms with E-state index < -0.39 is 0 Å². The predicted molar refractivity (Wildman–Crippen MR) is 151 cm³/mol. The van der Waals surface area contributed by atoms with Crippen molar-refractivity contribution in [3.63, 3.8) is 0 Å². The zero-order chi connectivity index (χ0) is 25.8. The van der Waals surface area contributed by atoms with Gasteiger partial charge in [0.2, 0.25) is 0 Å². The minimum Gasteiger partial charge on any atom is -0.495 e. The number of hydrogen-bond donors (Lipinski definition) is 0. The van der Waals surface area contributed by atoms with Gasteiger partial charge in [-0.05, 0) is 37.6 Å². The Labute approximate surface area is 231 Å². The molecular formula is C27H32ClN3O6S. The van der Waals surface area contributed by atoms with Crippen LogP contribution in [0, 0.1) is 0 Å². The number of nitrogens with zero attached hydrogens (tertiary/aromatic N) is 3. The normalized spacial score (nSPS) is 13.9. The summed E-state index contributed by atoms with van der Waals surface area (Å²) >= 11 is 1.40. The number of benzene rings is 2. The maximum absolute atomic E-state index is 13.9. The first-order valence-corrected chi connectivity index (χ1v) is 13.2. The van der Waals surface area contributed by atoms with Crippen LogP contribution in [-0.4, -0.2) is 76.0 Å². The highest BCUT2D eigenvalue weighted by atomic mass is 35.5. The number of rotatable bonds is 10. The zero-order valence-corrected chi connectivity index (χ0v) is 23.4. The molecule has 2 aromatic carbocycles. The molecule has 1 aliphatic heterocycles. The fraction of sp³-hybridized carbons (Fsp3) is 0.407. The number of morpholine rings is 1. The minimum absolute atomic E-state index is 0. The molecule has 0 unspecified atom stereocenters. The van der Waals surface area contributed by atoms with Crippen LogP contribution in [0.3, 0.4) is 0 Å². The number of ether oxygens (including phenoxy) is 4. The molecule has 11 heteroatoms. The predicted octanol–water partition coefficient (Wildman–Crippen LogP) is 5.25. The molecule has 204 valence electrons. The fourth-order valence-corrected chi connectivity index (χ4v) is 5.59. The van der Waals surface area contributed by atoms with Gasteiger partial charge >= 0.3 is 0 Å². The summed E-state index contributed by atoms with van der Waals surface area (Å²) in [5.74, 6) is 1.92. The molecule has 0 radical (unpaired) electrons. The molecule has 3 heterocycles. The Bertz CT molecular complexity index is 1340. The van der Waals surface area contributed by atoms with Gasteiger partial charge in [-0.3, -0.25) is 14.6 Å². The highest BCUT2D eigenvalue weighted by Gasteiger charge is 2.27. The Morgan fingerprint density at radius 1 is 1.11 bits per heavy atom. The van der Waals surface area contributed by atoms with Crippen molar-refractivity contribution in [3.8, 4) is 17.2 Å². The standard InChI is InChI=1S/C27H31N3O6S.ClH/c1-4-35-20-8-5-7-18-17-22(36-24(18)20)26(31)30(12-6-11-29-13-15-34-16-14-29)27-28-23-19(32-2)9-10-21(33-3)25(23)37-27;/h5,7-10,17H,4,6,11-16H2,1-3H3;1H. The van der Waals surface area contributed by atoms with E-state index in [-0.39, 0.29) is 24.1 Å². The van der Waals surface area contributed by atoms with Crippen LogP contribution in [0.2, 0.25) is 0 Å². The van der Waals surface area contributed by atoms with Crippen molar-refractivity contribution in [1.82, 2.24) is 9.88 Å². The molecule has 1 saturated heterocycles. The number of carbonyl (C=O) groups is 1. The van der Waals surface area contributed by atoms with Crippen LogP contribution in [-0.2, 0) is 4.74 Å². The van der Waals surface area contributed by atoms with Gasteiger partial charge in [-0.1, -0.05) is 23.5 Å². The number of aromatic nitrogens is 1. The van der Waals surface area contributed by atoms with E-state index in [1.54, 1.807) is 25.2 Å². The van der Waals surface area contributed by atoms with E-state index in [2.05, 4.69) is 4.90 Å². The summed E-state index contributed by atoms with van der Waals surface area (Å²) in [5, 5.41) is 1.38. The summed E-state index contributed by atoms with van der Waals surface area (Å²) in [7, 11) is 3.23. The van der Waals surface area contributed by atoms with Gasteiger partial charge in [0.05, 0.1) is 34.0 Å². The molecule has 1 amide bonds. The number of amides is 1. The average Bonchev–Trinajstić information content (AvgIpc) is 3.57. The third-order valence-corrected chi connectivity index (χ3v) is 7.45. The van der Waals surface area contributed by atoms with E-state index >= 15 is 0 Å². The van der Waals surface area contributed by atoms with Crippen molar-refractivity contribution < 1.29 is 28.2 Å². The summed E-state index contributed by atoms with van der Waals surface area (Å²) in [6.07, 6.45) is 0.778. The fourth-order valence-electron chi connectivity index (χ4n) is 4.49. The summed E-state index contributed by atoms with van der Waals surface area (Å²) < 4.78 is 29.2. The first-order valence-electron chi connectivity index (χ1n) is 12.4. The quantitative estimate of drug-likeness (QED) is 0.259. The third-order valence-electron chi connectivity index (χ3n) is 6.35. The maximum atomic E-state index is 13.9. The van der Waals surface area contributed by atoms with Crippen molar-refractivity contribution in [1.29, 1.82) is 0 Å². The molecule has 9 nitrogen and oxygen atoms in total. The van der Waals surface area contributed by atoms with Crippen LogP contribution < -0.4 is 19.1 Å². The van der Waals surface area contributed by atoms with Crippen LogP contribution in [0.5, 0.6) is 17.2 Å². The van der Waals surface area contributed by atoms with Crippen LogP contribution in [0.25, 0.3) is 21.2 Å². The Hall–Kier alpha value is -3.05. The monoisotopic (exact) mass is 561 g/mol. The van der Waals surface area contributed by atoms with Gasteiger partial charge in [0.1, 0.15) is 21.7 Å². The average molecular weight is 562 g/mol. The smallest absolute Gasteiger partial charge is 0.295 e. The number of hydrogen-bond acceptors (Lipinski definition) is 9. The lowest BCUT2D eigenvalue weighted by Crippen LogP contribution is -2.39. The lowest BCUT2D eigenvalue weighted by atomic mass is 10.2. The number of methoxy groups -OCH3 is 2.